The fourth-order valence-corrected chi connectivity index (χ4v) is 3.19. The van der Waals surface area contributed by atoms with Crippen molar-refractivity contribution in [1.29, 1.82) is 0 Å². The van der Waals surface area contributed by atoms with E-state index in [9.17, 15) is 0 Å². The predicted molar refractivity (Wildman–Crippen MR) is 84.6 cm³/mol. The second kappa shape index (κ2) is 5.76. The van der Waals surface area contributed by atoms with Gasteiger partial charge in [-0.3, -0.25) is 0 Å². The van der Waals surface area contributed by atoms with Gasteiger partial charge in [0.25, 0.3) is 0 Å². The molecule has 0 spiro atoms. The largest absolute Gasteiger partial charge is 0.495 e. The molecule has 21 heavy (non-hydrogen) atoms. The maximum Gasteiger partial charge on any atom is 0.138 e. The molecule has 3 nitrogen and oxygen atoms in total. The Labute approximate surface area is 133 Å². The highest BCUT2D eigenvalue weighted by molar-refractivity contribution is 6.34. The zero-order valence-corrected chi connectivity index (χ0v) is 13.0. The lowest BCUT2D eigenvalue weighted by molar-refractivity contribution is 0.315. The van der Waals surface area contributed by atoms with Crippen LogP contribution in [0.3, 0.4) is 0 Å². The van der Waals surface area contributed by atoms with Gasteiger partial charge in [-0.25, -0.2) is 0 Å². The molecule has 1 heterocycles. The van der Waals surface area contributed by atoms with E-state index in [0.717, 1.165) is 16.9 Å². The maximum absolute atomic E-state index is 6.41. The summed E-state index contributed by atoms with van der Waals surface area (Å²) < 4.78 is 10.8. The molecule has 1 aliphatic heterocycles. The minimum Gasteiger partial charge on any atom is -0.495 e. The third kappa shape index (κ3) is 2.57. The molecule has 0 aromatic heterocycles. The molecule has 3 rings (SSSR count). The number of halogens is 2. The fraction of sp³-hybridized carbons (Fsp3) is 0.250. The Morgan fingerprint density at radius 3 is 2.76 bits per heavy atom. The molecule has 1 aliphatic rings. The number of nitrogens with two attached hydrogens (primary N) is 1. The predicted octanol–water partition coefficient (Wildman–Crippen LogP) is 4.18. The number of ether oxygens (including phenoxy) is 2. The van der Waals surface area contributed by atoms with E-state index in [1.807, 2.05) is 24.3 Å². The third-order valence-electron chi connectivity index (χ3n) is 3.80. The number of benzene rings is 2. The van der Waals surface area contributed by atoms with Crippen molar-refractivity contribution in [1.82, 2.24) is 0 Å². The van der Waals surface area contributed by atoms with E-state index in [1.54, 1.807) is 19.2 Å². The SMILES string of the molecule is COc1cc(Cl)c(C(N)C2COc3ccccc32)cc1Cl. The first-order valence-electron chi connectivity index (χ1n) is 6.62. The smallest absolute Gasteiger partial charge is 0.138 e. The summed E-state index contributed by atoms with van der Waals surface area (Å²) in [6.07, 6.45) is 0. The van der Waals surface area contributed by atoms with Gasteiger partial charge in [0, 0.05) is 28.6 Å². The van der Waals surface area contributed by atoms with Crippen LogP contribution in [0.5, 0.6) is 11.5 Å². The molecular weight excluding hydrogens is 309 g/mol. The molecule has 2 N–H and O–H groups in total. The van der Waals surface area contributed by atoms with E-state index in [-0.39, 0.29) is 12.0 Å². The Morgan fingerprint density at radius 1 is 1.24 bits per heavy atom. The van der Waals surface area contributed by atoms with Crippen LogP contribution in [0.1, 0.15) is 23.1 Å². The molecule has 0 bridgehead atoms. The van der Waals surface area contributed by atoms with Crippen molar-refractivity contribution in [3.63, 3.8) is 0 Å². The monoisotopic (exact) mass is 323 g/mol. The molecule has 110 valence electrons. The minimum absolute atomic E-state index is 0.0585. The Morgan fingerprint density at radius 2 is 2.00 bits per heavy atom. The molecule has 2 unspecified atom stereocenters. The second-order valence-corrected chi connectivity index (χ2v) is 5.80. The second-order valence-electron chi connectivity index (χ2n) is 4.99. The number of hydrogen-bond donors (Lipinski definition) is 1. The fourth-order valence-electron chi connectivity index (χ4n) is 2.66. The van der Waals surface area contributed by atoms with Gasteiger partial charge in [-0.15, -0.1) is 0 Å². The van der Waals surface area contributed by atoms with Crippen LogP contribution in [0.2, 0.25) is 10.0 Å². The van der Waals surface area contributed by atoms with Crippen LogP contribution in [0.4, 0.5) is 0 Å². The molecular formula is C16H15Cl2NO2. The standard InChI is InChI=1S/C16H15Cl2NO2/c1-20-15-7-12(17)10(6-13(15)18)16(19)11-8-21-14-5-3-2-4-9(11)14/h2-7,11,16H,8,19H2,1H3. The van der Waals surface area contributed by atoms with Gasteiger partial charge in [-0.2, -0.15) is 0 Å². The van der Waals surface area contributed by atoms with E-state index in [2.05, 4.69) is 0 Å². The lowest BCUT2D eigenvalue weighted by Gasteiger charge is -2.21. The number of para-hydroxylation sites is 1. The van der Waals surface area contributed by atoms with Gasteiger partial charge in [0.2, 0.25) is 0 Å². The molecule has 0 saturated carbocycles. The van der Waals surface area contributed by atoms with Gasteiger partial charge in [-0.1, -0.05) is 41.4 Å². The summed E-state index contributed by atoms with van der Waals surface area (Å²) in [4.78, 5) is 0. The van der Waals surface area contributed by atoms with Crippen LogP contribution in [-0.2, 0) is 0 Å². The number of methoxy groups -OCH3 is 1. The van der Waals surface area contributed by atoms with Gasteiger partial charge in [0.05, 0.1) is 18.7 Å². The van der Waals surface area contributed by atoms with Crippen molar-refractivity contribution < 1.29 is 9.47 Å². The van der Waals surface area contributed by atoms with Gasteiger partial charge >= 0.3 is 0 Å². The highest BCUT2D eigenvalue weighted by atomic mass is 35.5. The lowest BCUT2D eigenvalue weighted by Crippen LogP contribution is -2.21. The van der Waals surface area contributed by atoms with Crippen molar-refractivity contribution in [3.8, 4) is 11.5 Å². The zero-order valence-electron chi connectivity index (χ0n) is 11.5. The van der Waals surface area contributed by atoms with E-state index >= 15 is 0 Å². The minimum atomic E-state index is -0.287. The average molecular weight is 324 g/mol. The van der Waals surface area contributed by atoms with Crippen molar-refractivity contribution in [2.24, 2.45) is 5.73 Å². The topological polar surface area (TPSA) is 44.5 Å². The van der Waals surface area contributed by atoms with Crippen molar-refractivity contribution in [3.05, 3.63) is 57.6 Å². The number of fused-ring (bicyclic) bond motifs is 1. The maximum atomic E-state index is 6.41. The lowest BCUT2D eigenvalue weighted by atomic mass is 9.89. The van der Waals surface area contributed by atoms with Crippen LogP contribution in [0.25, 0.3) is 0 Å². The first kappa shape index (κ1) is 14.5. The van der Waals surface area contributed by atoms with Gasteiger partial charge in [0.15, 0.2) is 0 Å². The molecule has 2 aromatic carbocycles. The van der Waals surface area contributed by atoms with E-state index in [0.29, 0.717) is 22.4 Å². The summed E-state index contributed by atoms with van der Waals surface area (Å²) in [6.45, 7) is 0.542. The summed E-state index contributed by atoms with van der Waals surface area (Å²) >= 11 is 12.5. The molecule has 0 amide bonds. The van der Waals surface area contributed by atoms with Crippen LogP contribution >= 0.6 is 23.2 Å². The van der Waals surface area contributed by atoms with Gasteiger partial charge in [-0.05, 0) is 17.7 Å². The van der Waals surface area contributed by atoms with E-state index < -0.39 is 0 Å². The van der Waals surface area contributed by atoms with Crippen LogP contribution in [0.15, 0.2) is 36.4 Å². The molecule has 2 aromatic rings. The first-order chi connectivity index (χ1) is 10.1. The summed E-state index contributed by atoms with van der Waals surface area (Å²) in [6, 6.07) is 11.1. The summed E-state index contributed by atoms with van der Waals surface area (Å²) in [7, 11) is 1.55. The summed E-state index contributed by atoms with van der Waals surface area (Å²) in [5, 5.41) is 1.05. The summed E-state index contributed by atoms with van der Waals surface area (Å²) in [5.41, 5.74) is 8.32. The highest BCUT2D eigenvalue weighted by Gasteiger charge is 2.31. The number of hydrogen-bond acceptors (Lipinski definition) is 3. The van der Waals surface area contributed by atoms with Crippen LogP contribution < -0.4 is 15.2 Å². The normalized spacial score (nSPS) is 18.0. The highest BCUT2D eigenvalue weighted by Crippen LogP contribution is 2.43. The third-order valence-corrected chi connectivity index (χ3v) is 4.42. The Hall–Kier alpha value is -1.42. The Balaban J connectivity index is 1.97. The molecule has 0 aliphatic carbocycles. The molecule has 5 heteroatoms. The van der Waals surface area contributed by atoms with Gasteiger partial charge in [0.1, 0.15) is 11.5 Å². The Kier molecular flexibility index (Phi) is 3.98. The number of rotatable bonds is 3. The van der Waals surface area contributed by atoms with Crippen molar-refractivity contribution in [2.75, 3.05) is 13.7 Å². The van der Waals surface area contributed by atoms with E-state index in [1.165, 1.54) is 0 Å². The zero-order chi connectivity index (χ0) is 15.0. The summed E-state index contributed by atoms with van der Waals surface area (Å²) in [5.74, 6) is 1.48. The molecule has 2 atom stereocenters. The van der Waals surface area contributed by atoms with Crippen LogP contribution in [-0.4, -0.2) is 13.7 Å². The Bertz CT molecular complexity index is 675. The van der Waals surface area contributed by atoms with Crippen molar-refractivity contribution in [2.45, 2.75) is 12.0 Å². The molecule has 0 fully saturated rings. The first-order valence-corrected chi connectivity index (χ1v) is 7.37. The van der Waals surface area contributed by atoms with E-state index in [4.69, 9.17) is 38.4 Å². The van der Waals surface area contributed by atoms with Crippen LogP contribution in [0, 0.1) is 0 Å². The quantitative estimate of drug-likeness (QED) is 0.921. The average Bonchev–Trinajstić information content (AvgIpc) is 2.92. The molecule has 0 saturated heterocycles. The van der Waals surface area contributed by atoms with Crippen molar-refractivity contribution >= 4 is 23.2 Å². The molecule has 0 radical (unpaired) electrons. The van der Waals surface area contributed by atoms with Gasteiger partial charge < -0.3 is 15.2 Å².